The first-order chi connectivity index (χ1) is 9.83. The Kier molecular flexibility index (Phi) is 5.24. The van der Waals surface area contributed by atoms with Gasteiger partial charge < -0.3 is 5.32 Å². The van der Waals surface area contributed by atoms with Crippen LogP contribution in [0.2, 0.25) is 0 Å². The molecule has 4 heteroatoms. The number of hydrogen-bond acceptors (Lipinski definition) is 3. The van der Waals surface area contributed by atoms with Gasteiger partial charge >= 0.3 is 0 Å². The van der Waals surface area contributed by atoms with Gasteiger partial charge in [0.1, 0.15) is 5.69 Å². The van der Waals surface area contributed by atoms with Crippen molar-refractivity contribution in [1.82, 2.24) is 15.3 Å². The Balaban J connectivity index is 2.14. The third-order valence-electron chi connectivity index (χ3n) is 3.03. The van der Waals surface area contributed by atoms with E-state index in [-0.39, 0.29) is 5.91 Å². The number of rotatable bonds is 6. The molecule has 104 valence electrons. The van der Waals surface area contributed by atoms with E-state index >= 15 is 0 Å². The molecular weight excluding hydrogens is 250 g/mol. The molecule has 0 spiro atoms. The Bertz CT molecular complexity index is 555. The van der Waals surface area contributed by atoms with Gasteiger partial charge in [0.05, 0.1) is 11.3 Å². The van der Waals surface area contributed by atoms with Crippen LogP contribution in [0, 0.1) is 0 Å². The standard InChI is InChI=1S/C16H19N3O/c1-2-3-5-11-19-16(20)13-8-7-12-18-15(13)14-9-4-6-10-17-14/h4,6-10,12H,2-3,5,11H2,1H3,(H,19,20). The van der Waals surface area contributed by atoms with E-state index < -0.39 is 0 Å². The van der Waals surface area contributed by atoms with Crippen LogP contribution >= 0.6 is 0 Å². The zero-order valence-corrected chi connectivity index (χ0v) is 11.7. The average Bonchev–Trinajstić information content (AvgIpc) is 2.52. The van der Waals surface area contributed by atoms with Gasteiger partial charge in [-0.2, -0.15) is 0 Å². The SMILES string of the molecule is CCCCCNC(=O)c1cccnc1-c1ccccn1. The first-order valence-electron chi connectivity index (χ1n) is 6.97. The smallest absolute Gasteiger partial charge is 0.253 e. The second-order valence-corrected chi connectivity index (χ2v) is 4.58. The van der Waals surface area contributed by atoms with Crippen molar-refractivity contribution in [1.29, 1.82) is 0 Å². The van der Waals surface area contributed by atoms with E-state index in [1.807, 2.05) is 18.2 Å². The Morgan fingerprint density at radius 3 is 2.70 bits per heavy atom. The lowest BCUT2D eigenvalue weighted by Crippen LogP contribution is -2.25. The molecule has 4 nitrogen and oxygen atoms in total. The van der Waals surface area contributed by atoms with E-state index in [2.05, 4.69) is 22.2 Å². The van der Waals surface area contributed by atoms with E-state index in [0.717, 1.165) is 19.3 Å². The second-order valence-electron chi connectivity index (χ2n) is 4.58. The highest BCUT2D eigenvalue weighted by molar-refractivity contribution is 5.99. The minimum Gasteiger partial charge on any atom is -0.352 e. The first-order valence-corrected chi connectivity index (χ1v) is 6.97. The van der Waals surface area contributed by atoms with Gasteiger partial charge in [-0.1, -0.05) is 25.8 Å². The Morgan fingerprint density at radius 1 is 1.10 bits per heavy atom. The summed E-state index contributed by atoms with van der Waals surface area (Å²) < 4.78 is 0. The molecular formula is C16H19N3O. The summed E-state index contributed by atoms with van der Waals surface area (Å²) in [6.07, 6.45) is 6.65. The van der Waals surface area contributed by atoms with Crippen molar-refractivity contribution in [3.63, 3.8) is 0 Å². The number of unbranched alkanes of at least 4 members (excludes halogenated alkanes) is 2. The molecule has 0 aliphatic rings. The molecule has 0 aromatic carbocycles. The second kappa shape index (κ2) is 7.38. The number of hydrogen-bond donors (Lipinski definition) is 1. The molecule has 2 aromatic heterocycles. The van der Waals surface area contributed by atoms with Gasteiger partial charge in [0, 0.05) is 18.9 Å². The van der Waals surface area contributed by atoms with E-state index in [9.17, 15) is 4.79 Å². The van der Waals surface area contributed by atoms with E-state index in [0.29, 0.717) is 23.5 Å². The van der Waals surface area contributed by atoms with Crippen LogP contribution in [0.1, 0.15) is 36.5 Å². The van der Waals surface area contributed by atoms with Crippen LogP contribution in [-0.4, -0.2) is 22.4 Å². The van der Waals surface area contributed by atoms with Gasteiger partial charge in [0.25, 0.3) is 5.91 Å². The summed E-state index contributed by atoms with van der Waals surface area (Å²) in [6, 6.07) is 9.15. The zero-order valence-electron chi connectivity index (χ0n) is 11.7. The van der Waals surface area contributed by atoms with Crippen LogP contribution in [0.15, 0.2) is 42.7 Å². The molecule has 0 radical (unpaired) electrons. The third kappa shape index (κ3) is 3.63. The van der Waals surface area contributed by atoms with Crippen molar-refractivity contribution in [3.05, 3.63) is 48.3 Å². The monoisotopic (exact) mass is 269 g/mol. The number of amides is 1. The summed E-state index contributed by atoms with van der Waals surface area (Å²) in [5.41, 5.74) is 1.91. The van der Waals surface area contributed by atoms with Crippen LogP contribution in [0.25, 0.3) is 11.4 Å². The summed E-state index contributed by atoms with van der Waals surface area (Å²) in [5, 5.41) is 2.94. The summed E-state index contributed by atoms with van der Waals surface area (Å²) in [7, 11) is 0. The molecule has 1 amide bonds. The molecule has 0 aliphatic heterocycles. The lowest BCUT2D eigenvalue weighted by molar-refractivity contribution is 0.0953. The van der Waals surface area contributed by atoms with Crippen molar-refractivity contribution in [2.24, 2.45) is 0 Å². The fourth-order valence-electron chi connectivity index (χ4n) is 1.97. The van der Waals surface area contributed by atoms with Crippen molar-refractivity contribution in [3.8, 4) is 11.4 Å². The molecule has 0 unspecified atom stereocenters. The third-order valence-corrected chi connectivity index (χ3v) is 3.03. The molecule has 2 rings (SSSR count). The van der Waals surface area contributed by atoms with Gasteiger partial charge in [-0.3, -0.25) is 14.8 Å². The highest BCUT2D eigenvalue weighted by Crippen LogP contribution is 2.18. The molecule has 0 saturated heterocycles. The van der Waals surface area contributed by atoms with Crippen molar-refractivity contribution in [2.75, 3.05) is 6.54 Å². The number of aromatic nitrogens is 2. The maximum atomic E-state index is 12.2. The van der Waals surface area contributed by atoms with Gasteiger partial charge in [0.15, 0.2) is 0 Å². The van der Waals surface area contributed by atoms with Crippen LogP contribution in [0.5, 0.6) is 0 Å². The van der Waals surface area contributed by atoms with Crippen molar-refractivity contribution in [2.45, 2.75) is 26.2 Å². The Morgan fingerprint density at radius 2 is 1.95 bits per heavy atom. The number of nitrogens with one attached hydrogen (secondary N) is 1. The van der Waals surface area contributed by atoms with Crippen LogP contribution in [0.4, 0.5) is 0 Å². The van der Waals surface area contributed by atoms with Crippen LogP contribution in [-0.2, 0) is 0 Å². The fraction of sp³-hybridized carbons (Fsp3) is 0.312. The molecule has 0 aliphatic carbocycles. The molecule has 20 heavy (non-hydrogen) atoms. The van der Waals surface area contributed by atoms with E-state index in [4.69, 9.17) is 0 Å². The highest BCUT2D eigenvalue weighted by atomic mass is 16.1. The quantitative estimate of drug-likeness (QED) is 0.820. The topological polar surface area (TPSA) is 54.9 Å². The fourth-order valence-corrected chi connectivity index (χ4v) is 1.97. The predicted octanol–water partition coefficient (Wildman–Crippen LogP) is 3.06. The average molecular weight is 269 g/mol. The zero-order chi connectivity index (χ0) is 14.2. The van der Waals surface area contributed by atoms with Gasteiger partial charge in [0.2, 0.25) is 0 Å². The minimum absolute atomic E-state index is 0.0881. The van der Waals surface area contributed by atoms with Crippen LogP contribution < -0.4 is 5.32 Å². The largest absolute Gasteiger partial charge is 0.352 e. The molecule has 0 saturated carbocycles. The van der Waals surface area contributed by atoms with Gasteiger partial charge in [-0.15, -0.1) is 0 Å². The number of carbonyl (C=O) groups is 1. The first kappa shape index (κ1) is 14.2. The number of pyridine rings is 2. The molecule has 2 heterocycles. The molecule has 1 N–H and O–H groups in total. The lowest BCUT2D eigenvalue weighted by atomic mass is 10.1. The minimum atomic E-state index is -0.0881. The molecule has 0 atom stereocenters. The summed E-state index contributed by atoms with van der Waals surface area (Å²) in [6.45, 7) is 2.84. The maximum absolute atomic E-state index is 12.2. The Hall–Kier alpha value is -2.23. The predicted molar refractivity (Wildman–Crippen MR) is 79.3 cm³/mol. The Labute approximate surface area is 119 Å². The van der Waals surface area contributed by atoms with Crippen molar-refractivity contribution >= 4 is 5.91 Å². The summed E-state index contributed by atoms with van der Waals surface area (Å²) >= 11 is 0. The molecule has 0 fully saturated rings. The van der Waals surface area contributed by atoms with Crippen molar-refractivity contribution < 1.29 is 4.79 Å². The van der Waals surface area contributed by atoms with E-state index in [1.165, 1.54) is 0 Å². The highest BCUT2D eigenvalue weighted by Gasteiger charge is 2.13. The molecule has 0 bridgehead atoms. The van der Waals surface area contributed by atoms with Gasteiger partial charge in [-0.25, -0.2) is 0 Å². The normalized spacial score (nSPS) is 10.2. The maximum Gasteiger partial charge on any atom is 0.253 e. The molecule has 2 aromatic rings. The van der Waals surface area contributed by atoms with E-state index in [1.54, 1.807) is 24.5 Å². The van der Waals surface area contributed by atoms with Crippen LogP contribution in [0.3, 0.4) is 0 Å². The summed E-state index contributed by atoms with van der Waals surface area (Å²) in [4.78, 5) is 20.8. The lowest BCUT2D eigenvalue weighted by Gasteiger charge is -2.08. The number of nitrogens with zero attached hydrogens (tertiary/aromatic N) is 2. The van der Waals surface area contributed by atoms with Gasteiger partial charge in [-0.05, 0) is 30.7 Å². The summed E-state index contributed by atoms with van der Waals surface area (Å²) in [5.74, 6) is -0.0881. The number of carbonyl (C=O) groups excluding carboxylic acids is 1.